The second kappa shape index (κ2) is 9.21. The highest BCUT2D eigenvalue weighted by Gasteiger charge is 2.14. The molecule has 0 atom stereocenters. The van der Waals surface area contributed by atoms with E-state index in [4.69, 9.17) is 5.73 Å². The lowest BCUT2D eigenvalue weighted by molar-refractivity contribution is 0.602. The lowest BCUT2D eigenvalue weighted by atomic mass is 10.2. The molecule has 1 heterocycles. The Morgan fingerprint density at radius 3 is 2.58 bits per heavy atom. The minimum atomic E-state index is -3.17. The number of aliphatic imine (C=N–C) groups is 1. The predicted octanol–water partition coefficient (Wildman–Crippen LogP) is 4.13. The highest BCUT2D eigenvalue weighted by atomic mass is 35.5. The summed E-state index contributed by atoms with van der Waals surface area (Å²) in [5.41, 5.74) is 7.89. The van der Waals surface area contributed by atoms with Gasteiger partial charge in [0.2, 0.25) is 0 Å². The van der Waals surface area contributed by atoms with Gasteiger partial charge in [0.1, 0.15) is 5.01 Å². The fourth-order valence-corrected chi connectivity index (χ4v) is 4.98. The fourth-order valence-electron chi connectivity index (χ4n) is 2.75. The number of aromatic nitrogens is 1. The molecular weight excluding hydrogens is 410 g/mol. The molecule has 0 unspecified atom stereocenters. The van der Waals surface area contributed by atoms with Crippen LogP contribution in [0.4, 0.5) is 0 Å². The molecule has 0 spiro atoms. The van der Waals surface area contributed by atoms with Crippen molar-refractivity contribution < 1.29 is 8.42 Å². The maximum atomic E-state index is 11.5. The van der Waals surface area contributed by atoms with Gasteiger partial charge in [-0.3, -0.25) is 4.99 Å². The van der Waals surface area contributed by atoms with Gasteiger partial charge in [0.25, 0.3) is 0 Å². The molecule has 0 bridgehead atoms. The van der Waals surface area contributed by atoms with Crippen molar-refractivity contribution in [2.75, 3.05) is 6.26 Å². The van der Waals surface area contributed by atoms with Crippen LogP contribution in [0.25, 0.3) is 10.6 Å². The Morgan fingerprint density at radius 1 is 1.31 bits per heavy atom. The van der Waals surface area contributed by atoms with E-state index in [1.165, 1.54) is 30.9 Å². The molecule has 1 aromatic carbocycles. The molecule has 0 radical (unpaired) electrons. The van der Waals surface area contributed by atoms with Gasteiger partial charge < -0.3 is 5.73 Å². The number of hydrogen-bond donors (Lipinski definition) is 1. The van der Waals surface area contributed by atoms with Gasteiger partial charge in [-0.1, -0.05) is 36.7 Å². The third-order valence-electron chi connectivity index (χ3n) is 4.08. The second-order valence-corrected chi connectivity index (χ2v) is 10.0. The number of thioether (sulfide) groups is 1. The number of halogens is 1. The first-order valence-electron chi connectivity index (χ1n) is 8.13. The Labute approximate surface area is 168 Å². The largest absolute Gasteiger partial charge is 0.379 e. The van der Waals surface area contributed by atoms with Crippen molar-refractivity contribution in [1.82, 2.24) is 4.98 Å². The molecule has 1 saturated carbocycles. The first-order valence-corrected chi connectivity index (χ1v) is 11.9. The number of rotatable bonds is 5. The SMILES string of the molecule is CS(=O)(=O)c1ccc(-c2nc(CSC(N)=NC3CCCC3)cs2)cc1.Cl. The Balaban J connectivity index is 0.00000243. The van der Waals surface area contributed by atoms with Crippen LogP contribution in [0.2, 0.25) is 0 Å². The average Bonchev–Trinajstić information content (AvgIpc) is 3.24. The molecule has 142 valence electrons. The van der Waals surface area contributed by atoms with Crippen molar-refractivity contribution in [3.05, 3.63) is 35.3 Å². The number of amidine groups is 1. The van der Waals surface area contributed by atoms with E-state index in [-0.39, 0.29) is 12.4 Å². The summed E-state index contributed by atoms with van der Waals surface area (Å²) in [5.74, 6) is 0.694. The topological polar surface area (TPSA) is 85.4 Å². The molecule has 2 N–H and O–H groups in total. The van der Waals surface area contributed by atoms with Gasteiger partial charge in [-0.2, -0.15) is 0 Å². The van der Waals surface area contributed by atoms with Crippen LogP contribution >= 0.6 is 35.5 Å². The van der Waals surface area contributed by atoms with Crippen molar-refractivity contribution in [1.29, 1.82) is 0 Å². The number of sulfone groups is 1. The maximum Gasteiger partial charge on any atom is 0.175 e. The zero-order valence-corrected chi connectivity index (χ0v) is 17.7. The molecule has 3 rings (SSSR count). The second-order valence-electron chi connectivity index (χ2n) is 6.13. The third-order valence-corrected chi connectivity index (χ3v) is 6.99. The Kier molecular flexibility index (Phi) is 7.52. The molecular formula is C17H22ClN3O2S3. The highest BCUT2D eigenvalue weighted by Crippen LogP contribution is 2.27. The van der Waals surface area contributed by atoms with E-state index in [1.807, 2.05) is 5.38 Å². The zero-order chi connectivity index (χ0) is 17.9. The Morgan fingerprint density at radius 2 is 1.96 bits per heavy atom. The van der Waals surface area contributed by atoms with Crippen molar-refractivity contribution in [2.24, 2.45) is 10.7 Å². The molecule has 0 aliphatic heterocycles. The van der Waals surface area contributed by atoms with E-state index in [2.05, 4.69) is 9.98 Å². The number of nitrogens with zero attached hydrogens (tertiary/aromatic N) is 2. The maximum absolute atomic E-state index is 11.5. The molecule has 5 nitrogen and oxygen atoms in total. The predicted molar refractivity (Wildman–Crippen MR) is 113 cm³/mol. The van der Waals surface area contributed by atoms with Gasteiger partial charge >= 0.3 is 0 Å². The zero-order valence-electron chi connectivity index (χ0n) is 14.4. The van der Waals surface area contributed by atoms with Gasteiger partial charge in [-0.25, -0.2) is 13.4 Å². The fraction of sp³-hybridized carbons (Fsp3) is 0.412. The van der Waals surface area contributed by atoms with Crippen LogP contribution in [0.15, 0.2) is 39.5 Å². The summed E-state index contributed by atoms with van der Waals surface area (Å²) in [5, 5.41) is 3.52. The minimum absolute atomic E-state index is 0. The molecule has 9 heteroatoms. The van der Waals surface area contributed by atoms with E-state index in [1.54, 1.807) is 35.6 Å². The molecule has 1 fully saturated rings. The summed E-state index contributed by atoms with van der Waals surface area (Å²) < 4.78 is 23.0. The Hall–Kier alpha value is -1.09. The van der Waals surface area contributed by atoms with Crippen LogP contribution in [-0.2, 0) is 15.6 Å². The lowest BCUT2D eigenvalue weighted by Gasteiger charge is -2.04. The molecule has 2 aromatic rings. The quantitative estimate of drug-likeness (QED) is 0.568. The molecule has 1 aromatic heterocycles. The summed E-state index contributed by atoms with van der Waals surface area (Å²) in [4.78, 5) is 9.50. The van der Waals surface area contributed by atoms with Crippen LogP contribution in [0, 0.1) is 0 Å². The van der Waals surface area contributed by atoms with Crippen LogP contribution in [0.1, 0.15) is 31.4 Å². The van der Waals surface area contributed by atoms with E-state index in [0.29, 0.717) is 21.9 Å². The average molecular weight is 432 g/mol. The number of hydrogen-bond acceptors (Lipinski definition) is 6. The first-order chi connectivity index (χ1) is 11.9. The van der Waals surface area contributed by atoms with E-state index >= 15 is 0 Å². The molecule has 1 aliphatic carbocycles. The van der Waals surface area contributed by atoms with Crippen molar-refractivity contribution in [2.45, 2.75) is 42.4 Å². The lowest BCUT2D eigenvalue weighted by Crippen LogP contribution is -2.11. The number of nitrogens with two attached hydrogens (primary N) is 1. The summed E-state index contributed by atoms with van der Waals surface area (Å²) in [7, 11) is -3.17. The van der Waals surface area contributed by atoms with Crippen LogP contribution < -0.4 is 5.73 Å². The third kappa shape index (κ3) is 5.70. The van der Waals surface area contributed by atoms with E-state index in [0.717, 1.165) is 29.1 Å². The van der Waals surface area contributed by atoms with E-state index < -0.39 is 9.84 Å². The summed E-state index contributed by atoms with van der Waals surface area (Å²) >= 11 is 3.07. The van der Waals surface area contributed by atoms with Crippen LogP contribution in [0.3, 0.4) is 0 Å². The first kappa shape index (κ1) is 21.2. The number of thiazole rings is 1. The summed E-state index contributed by atoms with van der Waals surface area (Å²) in [6.45, 7) is 0. The molecule has 0 amide bonds. The minimum Gasteiger partial charge on any atom is -0.379 e. The van der Waals surface area contributed by atoms with Crippen LogP contribution in [-0.4, -0.2) is 30.9 Å². The highest BCUT2D eigenvalue weighted by molar-refractivity contribution is 8.13. The Bertz CT molecular complexity index is 858. The van der Waals surface area contributed by atoms with E-state index in [9.17, 15) is 8.42 Å². The number of benzene rings is 1. The van der Waals surface area contributed by atoms with Gasteiger partial charge in [0, 0.05) is 23.0 Å². The van der Waals surface area contributed by atoms with Crippen molar-refractivity contribution in [3.8, 4) is 10.6 Å². The van der Waals surface area contributed by atoms with Gasteiger partial charge in [-0.05, 0) is 25.0 Å². The van der Waals surface area contributed by atoms with Crippen molar-refractivity contribution in [3.63, 3.8) is 0 Å². The van der Waals surface area contributed by atoms with Gasteiger partial charge in [0.15, 0.2) is 15.0 Å². The van der Waals surface area contributed by atoms with Gasteiger partial charge in [0.05, 0.1) is 16.6 Å². The molecule has 26 heavy (non-hydrogen) atoms. The van der Waals surface area contributed by atoms with Crippen molar-refractivity contribution >= 4 is 50.5 Å². The summed E-state index contributed by atoms with van der Waals surface area (Å²) in [6, 6.07) is 7.22. The van der Waals surface area contributed by atoms with Gasteiger partial charge in [-0.15, -0.1) is 23.7 Å². The summed E-state index contributed by atoms with van der Waals surface area (Å²) in [6.07, 6.45) is 5.99. The standard InChI is InChI=1S/C17H21N3O2S3.ClH/c1-25(21,22)15-8-6-12(7-9-15)16-19-14(10-23-16)11-24-17(18)20-13-4-2-3-5-13;/h6-10,13H,2-5,11H2,1H3,(H2,18,20);1H. The smallest absolute Gasteiger partial charge is 0.175 e. The monoisotopic (exact) mass is 431 g/mol. The normalized spacial score (nSPS) is 15.8. The van der Waals surface area contributed by atoms with Crippen LogP contribution in [0.5, 0.6) is 0 Å². The molecule has 1 aliphatic rings. The molecule has 0 saturated heterocycles.